The van der Waals surface area contributed by atoms with Gasteiger partial charge in [0.15, 0.2) is 17.8 Å². The van der Waals surface area contributed by atoms with E-state index in [1.54, 1.807) is 0 Å². The van der Waals surface area contributed by atoms with Gasteiger partial charge < -0.3 is 64.9 Å². The van der Waals surface area contributed by atoms with Crippen molar-refractivity contribution in [1.82, 2.24) is 0 Å². The van der Waals surface area contributed by atoms with Crippen molar-refractivity contribution in [3.05, 3.63) is 42.0 Å². The molecule has 2 heterocycles. The summed E-state index contributed by atoms with van der Waals surface area (Å²) in [7, 11) is 0. The highest BCUT2D eigenvalue weighted by molar-refractivity contribution is 5.87. The number of fused-ring (bicyclic) bond motifs is 3. The topological polar surface area (TPSA) is 272 Å². The number of aliphatic hydroxyl groups is 7. The summed E-state index contributed by atoms with van der Waals surface area (Å²) in [6.07, 6.45) is -6.94. The van der Waals surface area contributed by atoms with Crippen molar-refractivity contribution in [2.45, 2.75) is 139 Å². The molecule has 7 rings (SSSR count). The number of ether oxygens (including phenoxy) is 4. The number of carbonyl (C=O) groups is 2. The second-order valence-corrected chi connectivity index (χ2v) is 17.8. The van der Waals surface area contributed by atoms with Gasteiger partial charge >= 0.3 is 11.9 Å². The molecule has 17 heteroatoms. The molecular formula is C41H56O17. The Hall–Kier alpha value is -3.20. The summed E-state index contributed by atoms with van der Waals surface area (Å²) in [4.78, 5) is 37.2. The fourth-order valence-electron chi connectivity index (χ4n) is 11.5. The highest BCUT2D eigenvalue weighted by Gasteiger charge is 2.69. The van der Waals surface area contributed by atoms with Gasteiger partial charge in [0.1, 0.15) is 55.4 Å². The number of phenolic OH excluding ortho intramolecular Hbond substituents is 2. The van der Waals surface area contributed by atoms with E-state index in [9.17, 15) is 55.5 Å². The van der Waals surface area contributed by atoms with Crippen LogP contribution >= 0.6 is 0 Å². The van der Waals surface area contributed by atoms with Crippen molar-refractivity contribution >= 4 is 18.0 Å². The zero-order valence-electron chi connectivity index (χ0n) is 32.6. The minimum absolute atomic E-state index is 0.122. The molecule has 322 valence electrons. The molecule has 2 saturated heterocycles. The molecular weight excluding hydrogens is 764 g/mol. The molecule has 9 N–H and O–H groups in total. The number of phenols is 2. The van der Waals surface area contributed by atoms with Gasteiger partial charge in [-0.15, -0.1) is 4.89 Å². The van der Waals surface area contributed by atoms with E-state index in [0.29, 0.717) is 37.7 Å². The van der Waals surface area contributed by atoms with Gasteiger partial charge in [0, 0.05) is 6.08 Å². The van der Waals surface area contributed by atoms with Gasteiger partial charge in [-0.1, -0.05) is 26.0 Å². The second kappa shape index (κ2) is 16.0. The van der Waals surface area contributed by atoms with Crippen LogP contribution in [-0.2, 0) is 38.3 Å². The van der Waals surface area contributed by atoms with Crippen LogP contribution in [0.2, 0.25) is 0 Å². The third-order valence-electron chi connectivity index (χ3n) is 14.5. The van der Waals surface area contributed by atoms with Crippen LogP contribution < -0.4 is 0 Å². The number of carbonyl (C=O) groups excluding carboxylic acids is 2. The Morgan fingerprint density at radius 3 is 2.22 bits per heavy atom. The van der Waals surface area contributed by atoms with Gasteiger partial charge in [0.05, 0.1) is 17.6 Å². The van der Waals surface area contributed by atoms with Crippen LogP contribution in [0.3, 0.4) is 0 Å². The van der Waals surface area contributed by atoms with Gasteiger partial charge in [-0.05, 0) is 110 Å². The Bertz CT molecular complexity index is 1750. The van der Waals surface area contributed by atoms with E-state index in [2.05, 4.69) is 13.5 Å². The summed E-state index contributed by atoms with van der Waals surface area (Å²) in [5.41, 5.74) is -1.12. The van der Waals surface area contributed by atoms with E-state index in [-0.39, 0.29) is 34.2 Å². The molecule has 3 unspecified atom stereocenters. The predicted octanol–water partition coefficient (Wildman–Crippen LogP) is 0.845. The Kier molecular flexibility index (Phi) is 11.8. The van der Waals surface area contributed by atoms with Crippen molar-refractivity contribution in [3.8, 4) is 11.5 Å². The molecule has 0 radical (unpaired) electrons. The fourth-order valence-corrected chi connectivity index (χ4v) is 11.5. The smallest absolute Gasteiger partial charge is 0.348 e. The number of esters is 1. The van der Waals surface area contributed by atoms with Crippen molar-refractivity contribution in [3.63, 3.8) is 0 Å². The Morgan fingerprint density at radius 1 is 0.845 bits per heavy atom. The van der Waals surface area contributed by atoms with Crippen LogP contribution in [-0.4, -0.2) is 138 Å². The third kappa shape index (κ3) is 7.35. The van der Waals surface area contributed by atoms with Crippen LogP contribution in [0.1, 0.15) is 77.2 Å². The summed E-state index contributed by atoms with van der Waals surface area (Å²) in [6.45, 7) is 7.37. The SMILES string of the molecule is C=C1CC23CCC4[C@](C)(C(=O)OO[C@@H]5O[C@H](COC(=O)/C=C\c6ccc(O)c(O)c6)[C@@H](O)[C@H](O)[C@H]5O)CCC[C@@]4(C)[C@@H]2CCC1(O[C@@H]1O[C@H](CO)[C@@H](O)[C@H](O)[C@H]1O)C3. The monoisotopic (exact) mass is 820 g/mol. The number of benzene rings is 1. The zero-order valence-corrected chi connectivity index (χ0v) is 32.6. The minimum atomic E-state index is -1.82. The molecule has 1 spiro atoms. The van der Waals surface area contributed by atoms with Crippen molar-refractivity contribution in [2.24, 2.45) is 28.1 Å². The average Bonchev–Trinajstić information content (AvgIpc) is 3.39. The lowest BCUT2D eigenvalue weighted by molar-refractivity contribution is -0.409. The van der Waals surface area contributed by atoms with Crippen LogP contribution in [0.15, 0.2) is 36.4 Å². The normalized spacial score (nSPS) is 45.0. The summed E-state index contributed by atoms with van der Waals surface area (Å²) < 4.78 is 23.0. The molecule has 6 aliphatic rings. The maximum Gasteiger partial charge on any atom is 0.348 e. The largest absolute Gasteiger partial charge is 0.504 e. The number of rotatable bonds is 10. The second-order valence-electron chi connectivity index (χ2n) is 17.8. The molecule has 16 atom stereocenters. The lowest BCUT2D eigenvalue weighted by atomic mass is 9.41. The highest BCUT2D eigenvalue weighted by atomic mass is 17.2. The first-order valence-electron chi connectivity index (χ1n) is 20.0. The van der Waals surface area contributed by atoms with Crippen LogP contribution in [0.25, 0.3) is 6.08 Å². The molecule has 0 amide bonds. The molecule has 2 aliphatic heterocycles. The average molecular weight is 821 g/mol. The molecule has 58 heavy (non-hydrogen) atoms. The summed E-state index contributed by atoms with van der Waals surface area (Å²) in [5.74, 6) is -2.19. The number of hydrogen-bond acceptors (Lipinski definition) is 17. The number of hydrogen-bond donors (Lipinski definition) is 9. The first kappa shape index (κ1) is 42.9. The predicted molar refractivity (Wildman–Crippen MR) is 198 cm³/mol. The summed E-state index contributed by atoms with van der Waals surface area (Å²) in [6, 6.07) is 3.92. The number of aromatic hydroxyl groups is 2. The van der Waals surface area contributed by atoms with Crippen LogP contribution in [0.5, 0.6) is 11.5 Å². The molecule has 17 nitrogen and oxygen atoms in total. The first-order valence-corrected chi connectivity index (χ1v) is 20.0. The van der Waals surface area contributed by atoms with E-state index >= 15 is 0 Å². The molecule has 6 fully saturated rings. The molecule has 1 aromatic carbocycles. The van der Waals surface area contributed by atoms with Crippen LogP contribution in [0, 0.1) is 28.1 Å². The molecule has 4 aliphatic carbocycles. The van der Waals surface area contributed by atoms with E-state index in [1.165, 1.54) is 24.3 Å². The lowest BCUT2D eigenvalue weighted by Crippen LogP contribution is -2.62. The molecule has 4 saturated carbocycles. The third-order valence-corrected chi connectivity index (χ3v) is 14.5. The quantitative estimate of drug-likeness (QED) is 0.0301. The fraction of sp³-hybridized carbons (Fsp3) is 0.707. The zero-order chi connectivity index (χ0) is 41.9. The van der Waals surface area contributed by atoms with Crippen molar-refractivity contribution in [2.75, 3.05) is 13.2 Å². The van der Waals surface area contributed by atoms with Gasteiger partial charge in [-0.25, -0.2) is 9.59 Å². The maximum absolute atomic E-state index is 14.1. The highest BCUT2D eigenvalue weighted by Crippen LogP contribution is 2.73. The Balaban J connectivity index is 0.984. The van der Waals surface area contributed by atoms with E-state index in [1.807, 2.05) is 6.92 Å². The Morgan fingerprint density at radius 2 is 1.52 bits per heavy atom. The van der Waals surface area contributed by atoms with Crippen LogP contribution in [0.4, 0.5) is 0 Å². The van der Waals surface area contributed by atoms with E-state index in [0.717, 1.165) is 37.3 Å². The first-order chi connectivity index (χ1) is 27.4. The van der Waals surface area contributed by atoms with Gasteiger partial charge in [-0.2, -0.15) is 0 Å². The summed E-state index contributed by atoms with van der Waals surface area (Å²) >= 11 is 0. The molecule has 2 bridgehead atoms. The molecule has 1 aromatic rings. The van der Waals surface area contributed by atoms with E-state index < -0.39 is 97.6 Å². The maximum atomic E-state index is 14.1. The van der Waals surface area contributed by atoms with Gasteiger partial charge in [-0.3, -0.25) is 4.89 Å². The number of aliphatic hydroxyl groups excluding tert-OH is 7. The van der Waals surface area contributed by atoms with Crippen molar-refractivity contribution in [1.29, 1.82) is 0 Å². The van der Waals surface area contributed by atoms with E-state index in [4.69, 9.17) is 28.7 Å². The van der Waals surface area contributed by atoms with Gasteiger partial charge in [0.25, 0.3) is 0 Å². The Labute approximate surface area is 335 Å². The lowest BCUT2D eigenvalue weighted by Gasteiger charge is -2.64. The standard InChI is InChI=1S/C41H56O17/c1-20-16-40-13-9-26-38(2,27(40)10-14-41(20,19-40)56-35-33(50)31(48)29(46)24(17-42)54-35)11-4-12-39(26,3)37(52)58-57-36-34(51)32(49)30(47)25(55-36)18-53-28(45)8-6-21-5-7-22(43)23(44)15-21/h5-8,15,24-27,29-36,42-44,46-51H,1,4,9-14,16-19H2,2-3H3/b8-6-/t24-,25-,26?,27+,29-,30-,31+,32+,33-,34-,35+,36+,38-,39-,40?,41?/m1/s1. The summed E-state index contributed by atoms with van der Waals surface area (Å²) in [5, 5.41) is 92.2. The minimum Gasteiger partial charge on any atom is -0.504 e. The van der Waals surface area contributed by atoms with Crippen molar-refractivity contribution < 1.29 is 84.3 Å². The van der Waals surface area contributed by atoms with Gasteiger partial charge in [0.2, 0.25) is 6.29 Å². The molecule has 0 aromatic heterocycles.